The first-order chi connectivity index (χ1) is 26.8. The molecule has 0 saturated heterocycles. The number of fused-ring (bicyclic) bond motifs is 5. The molecule has 0 radical (unpaired) electrons. The van der Waals surface area contributed by atoms with E-state index in [0.29, 0.717) is 0 Å². The molecule has 9 aromatic carbocycles. The number of benzene rings is 9. The van der Waals surface area contributed by atoms with Crippen molar-refractivity contribution in [2.24, 2.45) is 0 Å². The number of hydrogen-bond acceptors (Lipinski definition) is 1. The van der Waals surface area contributed by atoms with Crippen LogP contribution in [0.25, 0.3) is 43.8 Å². The fourth-order valence-corrected chi connectivity index (χ4v) is 8.34. The topological polar surface area (TPSA) is 3.24 Å². The Morgan fingerprint density at radius 1 is 0.370 bits per heavy atom. The van der Waals surface area contributed by atoms with Gasteiger partial charge in [0.2, 0.25) is 0 Å². The Hall–Kier alpha value is -7.14. The minimum Gasteiger partial charge on any atom is -0.310 e. The van der Waals surface area contributed by atoms with Crippen molar-refractivity contribution >= 4 is 38.6 Å². The molecule has 0 amide bonds. The van der Waals surface area contributed by atoms with Crippen LogP contribution in [0.15, 0.2) is 212 Å². The quantitative estimate of drug-likeness (QED) is 0.163. The molecule has 0 heterocycles. The molecule has 1 aliphatic carbocycles. The van der Waals surface area contributed by atoms with Gasteiger partial charge in [0.1, 0.15) is 5.41 Å². The molecule has 1 atom stereocenters. The molecule has 0 bridgehead atoms. The van der Waals surface area contributed by atoms with E-state index in [0.717, 1.165) is 28.2 Å². The molecule has 0 N–H and O–H groups in total. The second kappa shape index (κ2) is 13.1. The molecule has 0 aliphatic heterocycles. The van der Waals surface area contributed by atoms with Crippen LogP contribution >= 0.6 is 0 Å². The minimum atomic E-state index is -0.664. The number of para-hydroxylation sites is 1. The van der Waals surface area contributed by atoms with Crippen molar-refractivity contribution in [3.8, 4) is 34.1 Å². The Kier molecular flexibility index (Phi) is 7.68. The summed E-state index contributed by atoms with van der Waals surface area (Å²) >= 11 is 0. The Labute approximate surface area is 316 Å². The smallest absolute Gasteiger partial charge is 0.108 e. The maximum absolute atomic E-state index is 3.87. The fraction of sp³-hybridized carbons (Fsp3) is 0.0189. The van der Waals surface area contributed by atoms with Gasteiger partial charge in [-0.25, -0.2) is 0 Å². The third-order valence-electron chi connectivity index (χ3n) is 10.9. The number of rotatable bonds is 5. The Morgan fingerprint density at radius 3 is 1.83 bits per heavy atom. The van der Waals surface area contributed by atoms with Gasteiger partial charge in [-0.2, -0.15) is 0 Å². The van der Waals surface area contributed by atoms with Gasteiger partial charge in [-0.15, -0.1) is 0 Å². The van der Waals surface area contributed by atoms with Gasteiger partial charge in [0.05, 0.1) is 0 Å². The van der Waals surface area contributed by atoms with Crippen LogP contribution in [0.5, 0.6) is 0 Å². The van der Waals surface area contributed by atoms with E-state index in [9.17, 15) is 0 Å². The van der Waals surface area contributed by atoms with E-state index in [2.05, 4.69) is 223 Å². The molecule has 1 nitrogen and oxygen atoms in total. The highest BCUT2D eigenvalue weighted by atomic mass is 15.1. The summed E-state index contributed by atoms with van der Waals surface area (Å²) < 4.78 is 0. The summed E-state index contributed by atoms with van der Waals surface area (Å²) in [5.74, 6) is 7.47. The van der Waals surface area contributed by atoms with Crippen LogP contribution in [0.3, 0.4) is 0 Å². The highest BCUT2D eigenvalue weighted by molar-refractivity contribution is 6.00. The molecular formula is C53H35N. The van der Waals surface area contributed by atoms with Crippen LogP contribution in [0.2, 0.25) is 0 Å². The van der Waals surface area contributed by atoms with Crippen LogP contribution in [0.4, 0.5) is 17.1 Å². The lowest BCUT2D eigenvalue weighted by atomic mass is 9.72. The van der Waals surface area contributed by atoms with Crippen molar-refractivity contribution < 1.29 is 0 Å². The highest BCUT2D eigenvalue weighted by Crippen LogP contribution is 2.54. The standard InChI is InChI=1S/C53H35N/c1-4-15-38(16-5-1)33-34-53(43-19-6-2-7-20-43)51-26-13-12-24-49(51)50-32-31-46(37-52(50)53)54(44-21-8-3-9-22-44)45-30-29-40-35-42(28-27-41(40)36-45)48-25-14-18-39-17-10-11-23-47(39)48/h1-32,35-37H. The van der Waals surface area contributed by atoms with Crippen LogP contribution in [-0.2, 0) is 5.41 Å². The van der Waals surface area contributed by atoms with Crippen LogP contribution < -0.4 is 4.90 Å². The molecule has 0 saturated carbocycles. The van der Waals surface area contributed by atoms with E-state index < -0.39 is 5.41 Å². The van der Waals surface area contributed by atoms with E-state index in [1.165, 1.54) is 54.9 Å². The first-order valence-electron chi connectivity index (χ1n) is 18.5. The molecule has 1 aliphatic rings. The second-order valence-electron chi connectivity index (χ2n) is 14.0. The van der Waals surface area contributed by atoms with Gasteiger partial charge in [-0.3, -0.25) is 0 Å². The van der Waals surface area contributed by atoms with E-state index in [1.807, 2.05) is 6.07 Å². The molecule has 0 aromatic heterocycles. The van der Waals surface area contributed by atoms with Crippen molar-refractivity contribution in [3.05, 3.63) is 235 Å². The van der Waals surface area contributed by atoms with Gasteiger partial charge in [0.25, 0.3) is 0 Å². The molecule has 0 fully saturated rings. The predicted molar refractivity (Wildman–Crippen MR) is 227 cm³/mol. The van der Waals surface area contributed by atoms with Gasteiger partial charge in [0.15, 0.2) is 0 Å². The summed E-state index contributed by atoms with van der Waals surface area (Å²) in [5, 5.41) is 4.92. The maximum Gasteiger partial charge on any atom is 0.108 e. The average Bonchev–Trinajstić information content (AvgIpc) is 3.53. The first-order valence-corrected chi connectivity index (χ1v) is 18.5. The lowest BCUT2D eigenvalue weighted by Gasteiger charge is -2.30. The van der Waals surface area contributed by atoms with Gasteiger partial charge < -0.3 is 4.90 Å². The Bertz CT molecular complexity index is 2880. The fourth-order valence-electron chi connectivity index (χ4n) is 8.34. The predicted octanol–water partition coefficient (Wildman–Crippen LogP) is 13.5. The largest absolute Gasteiger partial charge is 0.310 e. The summed E-state index contributed by atoms with van der Waals surface area (Å²) in [7, 11) is 0. The monoisotopic (exact) mass is 685 g/mol. The summed E-state index contributed by atoms with van der Waals surface area (Å²) in [6.07, 6.45) is 0. The van der Waals surface area contributed by atoms with Crippen molar-refractivity contribution in [2.45, 2.75) is 5.41 Å². The Balaban J connectivity index is 1.15. The Morgan fingerprint density at radius 2 is 0.981 bits per heavy atom. The molecule has 10 rings (SSSR count). The number of hydrogen-bond donors (Lipinski definition) is 0. The van der Waals surface area contributed by atoms with Crippen molar-refractivity contribution in [3.63, 3.8) is 0 Å². The SMILES string of the molecule is C(#CC1(c2ccccc2)c2ccccc2-c2ccc(N(c3ccccc3)c3ccc4cc(-c5cccc6ccccc56)ccc4c3)cc21)c1ccccc1. The summed E-state index contributed by atoms with van der Waals surface area (Å²) in [6.45, 7) is 0. The normalized spacial score (nSPS) is 14.2. The van der Waals surface area contributed by atoms with Crippen LogP contribution in [0, 0.1) is 11.8 Å². The summed E-state index contributed by atoms with van der Waals surface area (Å²) in [6, 6.07) is 76.4. The van der Waals surface area contributed by atoms with Gasteiger partial charge in [0, 0.05) is 22.6 Å². The number of nitrogens with zero attached hydrogens (tertiary/aromatic N) is 1. The maximum atomic E-state index is 3.87. The highest BCUT2D eigenvalue weighted by Gasteiger charge is 2.44. The summed E-state index contributed by atoms with van der Waals surface area (Å²) in [5.41, 5.74) is 12.1. The minimum absolute atomic E-state index is 0.664. The molecule has 1 heteroatoms. The zero-order chi connectivity index (χ0) is 35.9. The average molecular weight is 686 g/mol. The summed E-state index contributed by atoms with van der Waals surface area (Å²) in [4.78, 5) is 2.38. The molecule has 54 heavy (non-hydrogen) atoms. The van der Waals surface area contributed by atoms with Gasteiger partial charge in [-0.05, 0) is 115 Å². The van der Waals surface area contributed by atoms with Gasteiger partial charge in [-0.1, -0.05) is 170 Å². The zero-order valence-electron chi connectivity index (χ0n) is 29.7. The van der Waals surface area contributed by atoms with E-state index in [-0.39, 0.29) is 0 Å². The first kappa shape index (κ1) is 31.6. The van der Waals surface area contributed by atoms with E-state index in [1.54, 1.807) is 0 Å². The third kappa shape index (κ3) is 5.28. The van der Waals surface area contributed by atoms with Crippen LogP contribution in [-0.4, -0.2) is 0 Å². The zero-order valence-corrected chi connectivity index (χ0v) is 29.7. The van der Waals surface area contributed by atoms with Crippen molar-refractivity contribution in [1.82, 2.24) is 0 Å². The van der Waals surface area contributed by atoms with Crippen molar-refractivity contribution in [2.75, 3.05) is 4.90 Å². The van der Waals surface area contributed by atoms with E-state index >= 15 is 0 Å². The van der Waals surface area contributed by atoms with Crippen molar-refractivity contribution in [1.29, 1.82) is 0 Å². The second-order valence-corrected chi connectivity index (χ2v) is 14.0. The van der Waals surface area contributed by atoms with Crippen LogP contribution in [0.1, 0.15) is 22.3 Å². The molecule has 252 valence electrons. The van der Waals surface area contributed by atoms with E-state index in [4.69, 9.17) is 0 Å². The molecule has 0 spiro atoms. The van der Waals surface area contributed by atoms with Gasteiger partial charge >= 0.3 is 0 Å². The molecular weight excluding hydrogens is 651 g/mol. The lowest BCUT2D eigenvalue weighted by Crippen LogP contribution is -2.25. The number of anilines is 3. The molecule has 1 unspecified atom stereocenters. The lowest BCUT2D eigenvalue weighted by molar-refractivity contribution is 0.837. The third-order valence-corrected chi connectivity index (χ3v) is 10.9. The molecule has 9 aromatic rings.